The van der Waals surface area contributed by atoms with Crippen LogP contribution < -0.4 is 0 Å². The summed E-state index contributed by atoms with van der Waals surface area (Å²) in [4.78, 5) is 22.4. The van der Waals surface area contributed by atoms with E-state index in [1.165, 1.54) is 0 Å². The summed E-state index contributed by atoms with van der Waals surface area (Å²) in [6, 6.07) is 0. The third-order valence-electron chi connectivity index (χ3n) is 3.64. The van der Waals surface area contributed by atoms with E-state index in [2.05, 4.69) is 20.8 Å². The topological polar surface area (TPSA) is 63.6 Å². The van der Waals surface area contributed by atoms with Crippen molar-refractivity contribution in [3.8, 4) is 0 Å². The van der Waals surface area contributed by atoms with Crippen LogP contribution in [0.25, 0.3) is 0 Å². The van der Waals surface area contributed by atoms with Gasteiger partial charge in [0.2, 0.25) is 0 Å². The van der Waals surface area contributed by atoms with Gasteiger partial charge in [-0.3, -0.25) is 0 Å². The molecule has 0 spiro atoms. The second kappa shape index (κ2) is 12.1. The van der Waals surface area contributed by atoms with Crippen LogP contribution in [0.4, 0.5) is 0 Å². The molecule has 0 radical (unpaired) electrons. The molecule has 0 aliphatic rings. The number of rotatable bonds is 12. The van der Waals surface area contributed by atoms with Crippen molar-refractivity contribution in [2.75, 3.05) is 0 Å². The normalized spacial score (nSPS) is 11.8. The van der Waals surface area contributed by atoms with Gasteiger partial charge in [-0.25, -0.2) is 0 Å². The summed E-state index contributed by atoms with van der Waals surface area (Å²) in [7, 11) is 0. The molecule has 0 bridgehead atoms. The Morgan fingerprint density at radius 3 is 1.67 bits per heavy atom. The molecule has 21 heavy (non-hydrogen) atoms. The molecule has 0 aliphatic carbocycles. The van der Waals surface area contributed by atoms with Gasteiger partial charge >= 0.3 is 133 Å². The number of hydrogen-bond acceptors (Lipinski definition) is 3. The summed E-state index contributed by atoms with van der Waals surface area (Å²) in [6.45, 7) is 6.47. The van der Waals surface area contributed by atoms with E-state index in [1.54, 1.807) is 0 Å². The Morgan fingerprint density at radius 1 is 0.905 bits per heavy atom. The quantitative estimate of drug-likeness (QED) is 0.383. The number of carbonyl (C=O) groups excluding carboxylic acids is 1. The number of aliphatic carboxylic acids is 1. The van der Waals surface area contributed by atoms with Crippen LogP contribution in [0.5, 0.6) is 0 Å². The number of unbranched alkanes of at least 4 members (excludes halogenated alkanes) is 3. The van der Waals surface area contributed by atoms with Crippen LogP contribution in [0.3, 0.4) is 0 Å². The molecule has 1 N–H and O–H groups in total. The maximum atomic E-state index is 11.9. The molecule has 0 heterocycles. The van der Waals surface area contributed by atoms with Gasteiger partial charge in [0.1, 0.15) is 0 Å². The van der Waals surface area contributed by atoms with Crippen molar-refractivity contribution in [1.82, 2.24) is 0 Å². The first kappa shape index (κ1) is 20.5. The van der Waals surface area contributed by atoms with Crippen LogP contribution in [0, 0.1) is 0 Å². The second-order valence-electron chi connectivity index (χ2n) is 5.59. The summed E-state index contributed by atoms with van der Waals surface area (Å²) in [5.74, 6) is -1.56. The monoisotopic (exact) mass is 406 g/mol. The van der Waals surface area contributed by atoms with Gasteiger partial charge in [-0.15, -0.1) is 0 Å². The Morgan fingerprint density at radius 2 is 1.33 bits per heavy atom. The first-order valence-corrected chi connectivity index (χ1v) is 15.4. The third kappa shape index (κ3) is 9.93. The van der Waals surface area contributed by atoms with Gasteiger partial charge in [0.05, 0.1) is 0 Å². The Bertz CT molecular complexity index is 317. The van der Waals surface area contributed by atoms with Gasteiger partial charge in [0.15, 0.2) is 0 Å². The average molecular weight is 405 g/mol. The molecular weight excluding hydrogens is 375 g/mol. The SMILES string of the molecule is CCC[CH2][Sn]([CH2]CCC)([CH2]CCC)[O]C(=O)C=CC(=O)O. The van der Waals surface area contributed by atoms with E-state index in [4.69, 9.17) is 8.18 Å². The van der Waals surface area contributed by atoms with E-state index in [-0.39, 0.29) is 0 Å². The number of carbonyl (C=O) groups is 2. The van der Waals surface area contributed by atoms with Crippen LogP contribution in [0.15, 0.2) is 12.2 Å². The van der Waals surface area contributed by atoms with Crippen molar-refractivity contribution in [2.24, 2.45) is 0 Å². The fourth-order valence-corrected chi connectivity index (χ4v) is 15.4. The van der Waals surface area contributed by atoms with E-state index in [9.17, 15) is 9.59 Å². The molecule has 0 amide bonds. The summed E-state index contributed by atoms with van der Waals surface area (Å²) < 4.78 is 9.12. The predicted octanol–water partition coefficient (Wildman–Crippen LogP) is 4.52. The van der Waals surface area contributed by atoms with Crippen molar-refractivity contribution in [2.45, 2.75) is 72.6 Å². The van der Waals surface area contributed by atoms with Crippen LogP contribution in [-0.2, 0) is 12.7 Å². The first-order chi connectivity index (χ1) is 9.99. The molecule has 0 aromatic heterocycles. The van der Waals surface area contributed by atoms with Crippen LogP contribution in [-0.4, -0.2) is 35.8 Å². The zero-order valence-corrected chi connectivity index (χ0v) is 16.5. The fraction of sp³-hybridized carbons (Fsp3) is 0.750. The number of carboxylic acids is 1. The molecule has 0 saturated carbocycles. The minimum absolute atomic E-state index is 0.448. The van der Waals surface area contributed by atoms with Crippen molar-refractivity contribution in [3.63, 3.8) is 0 Å². The van der Waals surface area contributed by atoms with Gasteiger partial charge in [0.25, 0.3) is 0 Å². The molecule has 0 aromatic rings. The molecule has 0 fully saturated rings. The summed E-state index contributed by atoms with van der Waals surface area (Å²) >= 11 is -2.94. The standard InChI is InChI=1S/C4H4O4.3C4H9.Sn/c5-3(6)1-2-4(7)8;3*1-3-4-2;/h1-2H,(H,5,6)(H,7,8);3*1,3-4H2,2H3;/q;;;;+1/p-1. The Labute approximate surface area is 133 Å². The molecular formula is C16H30O4Sn. The van der Waals surface area contributed by atoms with Crippen molar-refractivity contribution in [3.05, 3.63) is 12.2 Å². The first-order valence-electron chi connectivity index (χ1n) is 8.13. The molecule has 0 atom stereocenters. The number of carboxylic acid groups (broad SMARTS) is 1. The average Bonchev–Trinajstić information content (AvgIpc) is 2.46. The fourth-order valence-electron chi connectivity index (χ4n) is 2.41. The Hall–Kier alpha value is -0.521. The summed E-state index contributed by atoms with van der Waals surface area (Å²) in [5, 5.41) is 8.61. The van der Waals surface area contributed by atoms with Gasteiger partial charge in [-0.05, 0) is 0 Å². The molecule has 0 saturated heterocycles. The minimum atomic E-state index is -2.94. The Balaban J connectivity index is 4.92. The Kier molecular flexibility index (Phi) is 11.8. The molecule has 0 aromatic carbocycles. The molecule has 5 heteroatoms. The van der Waals surface area contributed by atoms with Gasteiger partial charge in [0, 0.05) is 0 Å². The van der Waals surface area contributed by atoms with E-state index in [0.29, 0.717) is 0 Å². The van der Waals surface area contributed by atoms with Crippen LogP contribution >= 0.6 is 0 Å². The summed E-state index contributed by atoms with van der Waals surface area (Å²) in [6.07, 6.45) is 8.60. The van der Waals surface area contributed by atoms with Crippen molar-refractivity contribution < 1.29 is 17.8 Å². The third-order valence-corrected chi connectivity index (χ3v) is 16.3. The molecule has 0 rings (SSSR count). The molecule has 0 aliphatic heterocycles. The zero-order chi connectivity index (χ0) is 16.1. The van der Waals surface area contributed by atoms with Gasteiger partial charge in [-0.2, -0.15) is 0 Å². The number of hydrogen-bond donors (Lipinski definition) is 1. The second-order valence-corrected chi connectivity index (χ2v) is 17.2. The predicted molar refractivity (Wildman–Crippen MR) is 87.8 cm³/mol. The van der Waals surface area contributed by atoms with Crippen molar-refractivity contribution >= 4 is 30.7 Å². The van der Waals surface area contributed by atoms with E-state index in [0.717, 1.165) is 64.0 Å². The van der Waals surface area contributed by atoms with E-state index in [1.807, 2.05) is 0 Å². The zero-order valence-electron chi connectivity index (χ0n) is 13.7. The molecule has 122 valence electrons. The van der Waals surface area contributed by atoms with Crippen LogP contribution in [0.2, 0.25) is 13.3 Å². The maximum absolute atomic E-state index is 11.9. The van der Waals surface area contributed by atoms with Gasteiger partial charge in [-0.1, -0.05) is 0 Å². The van der Waals surface area contributed by atoms with Crippen LogP contribution in [0.1, 0.15) is 59.3 Å². The van der Waals surface area contributed by atoms with E-state index >= 15 is 0 Å². The summed E-state index contributed by atoms with van der Waals surface area (Å²) in [5.41, 5.74) is 0. The molecule has 0 unspecified atom stereocenters. The molecule has 4 nitrogen and oxygen atoms in total. The van der Waals surface area contributed by atoms with Gasteiger partial charge < -0.3 is 0 Å². The van der Waals surface area contributed by atoms with Crippen molar-refractivity contribution in [1.29, 1.82) is 0 Å². The van der Waals surface area contributed by atoms with E-state index < -0.39 is 30.7 Å².